The van der Waals surface area contributed by atoms with Crippen LogP contribution in [0, 0.1) is 5.92 Å². The minimum absolute atomic E-state index is 0.0557. The molecule has 1 saturated heterocycles. The molecule has 3 rings (SSSR count). The lowest BCUT2D eigenvalue weighted by molar-refractivity contribution is 0.0729. The molecule has 0 aromatic heterocycles. The summed E-state index contributed by atoms with van der Waals surface area (Å²) in [7, 11) is 0. The number of benzene rings is 1. The number of amides is 1. The molecule has 5 nitrogen and oxygen atoms in total. The lowest BCUT2D eigenvalue weighted by Gasteiger charge is -2.33. The number of hydrogen-bond acceptors (Lipinski definition) is 4. The summed E-state index contributed by atoms with van der Waals surface area (Å²) in [6.45, 7) is 4.53. The molecule has 1 amide bonds. The second-order valence-corrected chi connectivity index (χ2v) is 5.67. The van der Waals surface area contributed by atoms with Crippen molar-refractivity contribution in [2.75, 3.05) is 13.1 Å². The van der Waals surface area contributed by atoms with Crippen LogP contribution in [0.5, 0.6) is 0 Å². The van der Waals surface area contributed by atoms with Gasteiger partial charge in [-0.2, -0.15) is 0 Å². The Bertz CT molecular complexity index is 583. The first-order valence-electron chi connectivity index (χ1n) is 7.42. The van der Waals surface area contributed by atoms with Crippen LogP contribution in [0.2, 0.25) is 0 Å². The van der Waals surface area contributed by atoms with E-state index in [9.17, 15) is 4.79 Å². The molecule has 0 aliphatic carbocycles. The highest BCUT2D eigenvalue weighted by atomic mass is 16.5. The first-order chi connectivity index (χ1) is 10.2. The lowest BCUT2D eigenvalue weighted by atomic mass is 9.92. The summed E-state index contributed by atoms with van der Waals surface area (Å²) in [6.07, 6.45) is 1.52. The molecule has 2 heterocycles. The van der Waals surface area contributed by atoms with E-state index in [1.54, 1.807) is 0 Å². The molecule has 0 bridgehead atoms. The Labute approximate surface area is 124 Å². The predicted octanol–water partition coefficient (Wildman–Crippen LogP) is 2.42. The third-order valence-corrected chi connectivity index (χ3v) is 4.43. The van der Waals surface area contributed by atoms with Gasteiger partial charge in [0.15, 0.2) is 0 Å². The zero-order chi connectivity index (χ0) is 14.8. The summed E-state index contributed by atoms with van der Waals surface area (Å²) in [5.74, 6) is 0.214. The molecule has 1 N–H and O–H groups in total. The van der Waals surface area contributed by atoms with E-state index >= 15 is 0 Å². The summed E-state index contributed by atoms with van der Waals surface area (Å²) >= 11 is 0. The number of nitrogens with zero attached hydrogens (tertiary/aromatic N) is 2. The molecule has 2 aliphatic heterocycles. The fourth-order valence-electron chi connectivity index (χ4n) is 3.08. The predicted molar refractivity (Wildman–Crippen MR) is 78.5 cm³/mol. The third kappa shape index (κ3) is 2.65. The SMILES string of the molecule is CCC1CN(C(=O)c2ccc3c(c2)COC3)CC/C1=N\O. The quantitative estimate of drug-likeness (QED) is 0.671. The summed E-state index contributed by atoms with van der Waals surface area (Å²) < 4.78 is 5.39. The van der Waals surface area contributed by atoms with Gasteiger partial charge in [0.1, 0.15) is 0 Å². The zero-order valence-corrected chi connectivity index (χ0v) is 12.2. The number of carbonyl (C=O) groups is 1. The minimum Gasteiger partial charge on any atom is -0.411 e. The average Bonchev–Trinajstić information content (AvgIpc) is 3.00. The van der Waals surface area contributed by atoms with E-state index in [2.05, 4.69) is 12.1 Å². The van der Waals surface area contributed by atoms with E-state index in [0.717, 1.165) is 23.3 Å². The molecule has 1 aromatic carbocycles. The smallest absolute Gasteiger partial charge is 0.253 e. The van der Waals surface area contributed by atoms with Gasteiger partial charge in [-0.3, -0.25) is 4.79 Å². The molecule has 0 spiro atoms. The fourth-order valence-corrected chi connectivity index (χ4v) is 3.08. The lowest BCUT2D eigenvalue weighted by Crippen LogP contribution is -2.44. The highest BCUT2D eigenvalue weighted by Crippen LogP contribution is 2.23. The van der Waals surface area contributed by atoms with Crippen molar-refractivity contribution in [2.45, 2.75) is 33.0 Å². The maximum Gasteiger partial charge on any atom is 0.253 e. The highest BCUT2D eigenvalue weighted by molar-refractivity contribution is 5.96. The van der Waals surface area contributed by atoms with Crippen molar-refractivity contribution in [2.24, 2.45) is 11.1 Å². The number of rotatable bonds is 2. The van der Waals surface area contributed by atoms with Crippen molar-refractivity contribution < 1.29 is 14.7 Å². The maximum atomic E-state index is 12.6. The average molecular weight is 288 g/mol. The van der Waals surface area contributed by atoms with Gasteiger partial charge in [0.25, 0.3) is 5.91 Å². The highest BCUT2D eigenvalue weighted by Gasteiger charge is 2.28. The second kappa shape index (κ2) is 5.85. The molecular formula is C16H20N2O3. The van der Waals surface area contributed by atoms with E-state index in [-0.39, 0.29) is 11.8 Å². The van der Waals surface area contributed by atoms with Crippen LogP contribution < -0.4 is 0 Å². The van der Waals surface area contributed by atoms with E-state index in [1.807, 2.05) is 23.1 Å². The fraction of sp³-hybridized carbons (Fsp3) is 0.500. The number of fused-ring (bicyclic) bond motifs is 1. The summed E-state index contributed by atoms with van der Waals surface area (Å²) in [4.78, 5) is 14.5. The van der Waals surface area contributed by atoms with Gasteiger partial charge in [0.05, 0.1) is 18.9 Å². The number of ether oxygens (including phenoxy) is 1. The van der Waals surface area contributed by atoms with Crippen LogP contribution in [0.25, 0.3) is 0 Å². The van der Waals surface area contributed by atoms with Crippen LogP contribution in [-0.2, 0) is 18.0 Å². The van der Waals surface area contributed by atoms with Gasteiger partial charge < -0.3 is 14.8 Å². The number of carbonyl (C=O) groups excluding carboxylic acids is 1. The topological polar surface area (TPSA) is 62.1 Å². The van der Waals surface area contributed by atoms with Gasteiger partial charge in [-0.15, -0.1) is 0 Å². The molecule has 1 unspecified atom stereocenters. The molecule has 1 aromatic rings. The minimum atomic E-state index is 0.0557. The summed E-state index contributed by atoms with van der Waals surface area (Å²) in [5, 5.41) is 12.4. The van der Waals surface area contributed by atoms with Gasteiger partial charge in [-0.05, 0) is 29.7 Å². The standard InChI is InChI=1S/C16H20N2O3/c1-2-11-8-18(6-5-15(11)17-20)16(19)12-3-4-13-9-21-10-14(13)7-12/h3-4,7,11,20H,2,5-6,8-10H2,1H3/b17-15+. The Morgan fingerprint density at radius 2 is 2.24 bits per heavy atom. The molecular weight excluding hydrogens is 268 g/mol. The van der Waals surface area contributed by atoms with Crippen LogP contribution in [0.15, 0.2) is 23.4 Å². The summed E-state index contributed by atoms with van der Waals surface area (Å²) in [5.41, 5.74) is 3.82. The van der Waals surface area contributed by atoms with Crippen molar-refractivity contribution in [3.63, 3.8) is 0 Å². The maximum absolute atomic E-state index is 12.6. The molecule has 1 atom stereocenters. The van der Waals surface area contributed by atoms with Crippen LogP contribution in [-0.4, -0.2) is 34.8 Å². The van der Waals surface area contributed by atoms with Gasteiger partial charge in [0.2, 0.25) is 0 Å². The van der Waals surface area contributed by atoms with Crippen molar-refractivity contribution in [1.29, 1.82) is 0 Å². The van der Waals surface area contributed by atoms with Gasteiger partial charge in [0, 0.05) is 31.0 Å². The first kappa shape index (κ1) is 14.1. The van der Waals surface area contributed by atoms with Gasteiger partial charge >= 0.3 is 0 Å². The third-order valence-electron chi connectivity index (χ3n) is 4.43. The van der Waals surface area contributed by atoms with Crippen LogP contribution in [0.4, 0.5) is 0 Å². The number of hydrogen-bond donors (Lipinski definition) is 1. The van der Waals surface area contributed by atoms with Gasteiger partial charge in [-0.1, -0.05) is 18.1 Å². The molecule has 112 valence electrons. The van der Waals surface area contributed by atoms with Crippen molar-refractivity contribution in [3.8, 4) is 0 Å². The Hall–Kier alpha value is -1.88. The second-order valence-electron chi connectivity index (χ2n) is 5.67. The van der Waals surface area contributed by atoms with Crippen LogP contribution in [0.1, 0.15) is 41.3 Å². The Kier molecular flexibility index (Phi) is 3.92. The van der Waals surface area contributed by atoms with Crippen molar-refractivity contribution in [1.82, 2.24) is 4.90 Å². The molecule has 2 aliphatic rings. The van der Waals surface area contributed by atoms with Crippen LogP contribution in [0.3, 0.4) is 0 Å². The van der Waals surface area contributed by atoms with Crippen LogP contribution >= 0.6 is 0 Å². The van der Waals surface area contributed by atoms with Crippen molar-refractivity contribution in [3.05, 3.63) is 34.9 Å². The van der Waals surface area contributed by atoms with E-state index in [4.69, 9.17) is 9.94 Å². The van der Waals surface area contributed by atoms with E-state index in [0.29, 0.717) is 32.7 Å². The number of piperidine rings is 1. The molecule has 5 heteroatoms. The normalized spacial score (nSPS) is 23.4. The molecule has 21 heavy (non-hydrogen) atoms. The Morgan fingerprint density at radius 1 is 1.43 bits per heavy atom. The number of oxime groups is 1. The first-order valence-corrected chi connectivity index (χ1v) is 7.42. The Morgan fingerprint density at radius 3 is 3.00 bits per heavy atom. The molecule has 0 radical (unpaired) electrons. The van der Waals surface area contributed by atoms with E-state index in [1.165, 1.54) is 5.56 Å². The monoisotopic (exact) mass is 288 g/mol. The molecule has 1 fully saturated rings. The van der Waals surface area contributed by atoms with Crippen molar-refractivity contribution >= 4 is 11.6 Å². The van der Waals surface area contributed by atoms with Gasteiger partial charge in [-0.25, -0.2) is 0 Å². The largest absolute Gasteiger partial charge is 0.411 e. The van der Waals surface area contributed by atoms with E-state index < -0.39 is 0 Å². The summed E-state index contributed by atoms with van der Waals surface area (Å²) in [6, 6.07) is 5.81. The Balaban J connectivity index is 1.76. The zero-order valence-electron chi connectivity index (χ0n) is 12.2. The number of likely N-dealkylation sites (tertiary alicyclic amines) is 1. The molecule has 0 saturated carbocycles.